The first kappa shape index (κ1) is 17.0. The molecular formula is C22H21FN4O. The number of hydrogen-bond donors (Lipinski definition) is 1. The summed E-state index contributed by atoms with van der Waals surface area (Å²) in [4.78, 5) is 16.6. The minimum Gasteiger partial charge on any atom is -0.360 e. The standard InChI is InChI=1S/C22H21FN4O/c1-14(28)26-8-6-18(7-9-26)27-22-10-15(2-3-16(22)12-25-27)20-13-24-21-11-17(23)4-5-19(20)21/h2-5,10-13,18,24H,6-9H2,1H3. The molecule has 3 heterocycles. The number of piperidine rings is 1. The first-order valence-corrected chi connectivity index (χ1v) is 9.60. The van der Waals surface area contributed by atoms with Crippen molar-refractivity contribution in [1.29, 1.82) is 0 Å². The lowest BCUT2D eigenvalue weighted by atomic mass is 10.0. The van der Waals surface area contributed by atoms with Crippen molar-refractivity contribution in [2.75, 3.05) is 13.1 Å². The summed E-state index contributed by atoms with van der Waals surface area (Å²) in [6, 6.07) is 11.4. The molecule has 6 heteroatoms. The van der Waals surface area contributed by atoms with Gasteiger partial charge in [-0.2, -0.15) is 5.10 Å². The van der Waals surface area contributed by atoms with Crippen LogP contribution in [-0.2, 0) is 4.79 Å². The third kappa shape index (κ3) is 2.76. The number of nitrogens with one attached hydrogen (secondary N) is 1. The van der Waals surface area contributed by atoms with Gasteiger partial charge in [-0.05, 0) is 42.7 Å². The number of H-pyrrole nitrogens is 1. The number of aromatic amines is 1. The molecule has 0 atom stereocenters. The molecule has 2 aromatic heterocycles. The molecule has 1 aliphatic heterocycles. The summed E-state index contributed by atoms with van der Waals surface area (Å²) in [6.07, 6.45) is 5.65. The predicted octanol–water partition coefficient (Wildman–Crippen LogP) is 4.51. The highest BCUT2D eigenvalue weighted by molar-refractivity contribution is 5.97. The molecule has 28 heavy (non-hydrogen) atoms. The van der Waals surface area contributed by atoms with E-state index in [9.17, 15) is 9.18 Å². The van der Waals surface area contributed by atoms with Crippen LogP contribution >= 0.6 is 0 Å². The molecule has 0 bridgehead atoms. The zero-order chi connectivity index (χ0) is 19.3. The molecule has 1 amide bonds. The summed E-state index contributed by atoms with van der Waals surface area (Å²) in [5.41, 5.74) is 4.01. The number of amides is 1. The molecule has 0 radical (unpaired) electrons. The molecule has 1 aliphatic rings. The maximum absolute atomic E-state index is 13.5. The van der Waals surface area contributed by atoms with Gasteiger partial charge in [0.2, 0.25) is 5.91 Å². The zero-order valence-corrected chi connectivity index (χ0v) is 15.7. The summed E-state index contributed by atoms with van der Waals surface area (Å²) < 4.78 is 15.6. The molecule has 0 saturated carbocycles. The lowest BCUT2D eigenvalue weighted by Gasteiger charge is -2.31. The van der Waals surface area contributed by atoms with Crippen LogP contribution in [0.2, 0.25) is 0 Å². The van der Waals surface area contributed by atoms with Crippen LogP contribution in [0.15, 0.2) is 48.8 Å². The van der Waals surface area contributed by atoms with E-state index in [-0.39, 0.29) is 11.7 Å². The molecule has 0 unspecified atom stereocenters. The Morgan fingerprint density at radius 2 is 2.00 bits per heavy atom. The van der Waals surface area contributed by atoms with Gasteiger partial charge in [0.25, 0.3) is 0 Å². The minimum absolute atomic E-state index is 0.141. The highest BCUT2D eigenvalue weighted by atomic mass is 19.1. The van der Waals surface area contributed by atoms with Crippen molar-refractivity contribution in [1.82, 2.24) is 19.7 Å². The number of halogens is 1. The van der Waals surface area contributed by atoms with E-state index in [2.05, 4.69) is 33.0 Å². The number of hydrogen-bond acceptors (Lipinski definition) is 2. The molecule has 1 fully saturated rings. The Morgan fingerprint density at radius 1 is 1.18 bits per heavy atom. The number of rotatable bonds is 2. The number of fused-ring (bicyclic) bond motifs is 2. The van der Waals surface area contributed by atoms with E-state index in [1.807, 2.05) is 23.4 Å². The van der Waals surface area contributed by atoms with Crippen molar-refractivity contribution in [3.05, 3.63) is 54.6 Å². The normalized spacial score (nSPS) is 15.6. The maximum atomic E-state index is 13.5. The Hall–Kier alpha value is -3.15. The van der Waals surface area contributed by atoms with Crippen molar-refractivity contribution >= 4 is 27.7 Å². The smallest absolute Gasteiger partial charge is 0.219 e. The quantitative estimate of drug-likeness (QED) is 0.560. The fourth-order valence-electron chi connectivity index (χ4n) is 4.26. The summed E-state index contributed by atoms with van der Waals surface area (Å²) in [6.45, 7) is 3.17. The summed E-state index contributed by atoms with van der Waals surface area (Å²) in [5.74, 6) is -0.104. The van der Waals surface area contributed by atoms with Crippen LogP contribution in [0.25, 0.3) is 32.9 Å². The van der Waals surface area contributed by atoms with Gasteiger partial charge in [0.15, 0.2) is 0 Å². The van der Waals surface area contributed by atoms with Gasteiger partial charge in [-0.1, -0.05) is 12.1 Å². The first-order valence-electron chi connectivity index (χ1n) is 9.60. The van der Waals surface area contributed by atoms with E-state index in [1.54, 1.807) is 6.92 Å². The van der Waals surface area contributed by atoms with Crippen LogP contribution < -0.4 is 0 Å². The molecule has 4 aromatic rings. The van der Waals surface area contributed by atoms with Gasteiger partial charge in [-0.3, -0.25) is 9.48 Å². The summed E-state index contributed by atoms with van der Waals surface area (Å²) in [7, 11) is 0. The van der Waals surface area contributed by atoms with E-state index in [1.165, 1.54) is 12.1 Å². The van der Waals surface area contributed by atoms with Gasteiger partial charge >= 0.3 is 0 Å². The Labute approximate surface area is 161 Å². The number of carbonyl (C=O) groups excluding carboxylic acids is 1. The average molecular weight is 376 g/mol. The van der Waals surface area contributed by atoms with E-state index < -0.39 is 0 Å². The van der Waals surface area contributed by atoms with Crippen LogP contribution in [0.3, 0.4) is 0 Å². The summed E-state index contributed by atoms with van der Waals surface area (Å²) in [5, 5.41) is 6.74. The largest absolute Gasteiger partial charge is 0.360 e. The zero-order valence-electron chi connectivity index (χ0n) is 15.7. The van der Waals surface area contributed by atoms with Gasteiger partial charge in [0.1, 0.15) is 5.82 Å². The topological polar surface area (TPSA) is 53.9 Å². The molecule has 0 spiro atoms. The van der Waals surface area contributed by atoms with Crippen molar-refractivity contribution in [3.8, 4) is 11.1 Å². The second-order valence-electron chi connectivity index (χ2n) is 7.49. The highest BCUT2D eigenvalue weighted by Crippen LogP contribution is 2.33. The SMILES string of the molecule is CC(=O)N1CCC(n2ncc3ccc(-c4c[nH]c5cc(F)ccc45)cc32)CC1. The lowest BCUT2D eigenvalue weighted by Crippen LogP contribution is -2.37. The number of likely N-dealkylation sites (tertiary alicyclic amines) is 1. The van der Waals surface area contributed by atoms with Crippen molar-refractivity contribution in [2.24, 2.45) is 0 Å². The van der Waals surface area contributed by atoms with Gasteiger partial charge < -0.3 is 9.88 Å². The van der Waals surface area contributed by atoms with E-state index in [0.29, 0.717) is 6.04 Å². The van der Waals surface area contributed by atoms with Gasteiger partial charge in [0, 0.05) is 48.1 Å². The van der Waals surface area contributed by atoms with Gasteiger partial charge in [0.05, 0.1) is 17.8 Å². The molecule has 2 aromatic carbocycles. The highest BCUT2D eigenvalue weighted by Gasteiger charge is 2.23. The Morgan fingerprint density at radius 3 is 2.79 bits per heavy atom. The second kappa shape index (κ2) is 6.48. The number of carbonyl (C=O) groups is 1. The van der Waals surface area contributed by atoms with Gasteiger partial charge in [-0.15, -0.1) is 0 Å². The Bertz CT molecular complexity index is 1180. The Kier molecular flexibility index (Phi) is 3.93. The third-order valence-corrected chi connectivity index (χ3v) is 5.81. The van der Waals surface area contributed by atoms with Crippen LogP contribution in [-0.4, -0.2) is 38.7 Å². The molecule has 5 nitrogen and oxygen atoms in total. The number of benzene rings is 2. The molecular weight excluding hydrogens is 355 g/mol. The predicted molar refractivity (Wildman–Crippen MR) is 108 cm³/mol. The molecule has 5 rings (SSSR count). The first-order chi connectivity index (χ1) is 13.6. The molecule has 1 saturated heterocycles. The molecule has 1 N–H and O–H groups in total. The maximum Gasteiger partial charge on any atom is 0.219 e. The van der Waals surface area contributed by atoms with E-state index >= 15 is 0 Å². The fourth-order valence-corrected chi connectivity index (χ4v) is 4.26. The second-order valence-corrected chi connectivity index (χ2v) is 7.49. The average Bonchev–Trinajstić information content (AvgIpc) is 3.31. The summed E-state index contributed by atoms with van der Waals surface area (Å²) >= 11 is 0. The van der Waals surface area contributed by atoms with Crippen LogP contribution in [0.5, 0.6) is 0 Å². The van der Waals surface area contributed by atoms with Crippen LogP contribution in [0, 0.1) is 5.82 Å². The van der Waals surface area contributed by atoms with E-state index in [4.69, 9.17) is 0 Å². The van der Waals surface area contributed by atoms with Crippen molar-refractivity contribution < 1.29 is 9.18 Å². The van der Waals surface area contributed by atoms with Crippen LogP contribution in [0.1, 0.15) is 25.8 Å². The van der Waals surface area contributed by atoms with Crippen molar-refractivity contribution in [3.63, 3.8) is 0 Å². The fraction of sp³-hybridized carbons (Fsp3) is 0.273. The van der Waals surface area contributed by atoms with Gasteiger partial charge in [-0.25, -0.2) is 4.39 Å². The number of nitrogens with zero attached hydrogens (tertiary/aromatic N) is 3. The third-order valence-electron chi connectivity index (χ3n) is 5.81. The monoisotopic (exact) mass is 376 g/mol. The molecule has 0 aliphatic carbocycles. The number of aromatic nitrogens is 3. The molecule has 142 valence electrons. The lowest BCUT2D eigenvalue weighted by molar-refractivity contribution is -0.130. The van der Waals surface area contributed by atoms with Crippen molar-refractivity contribution in [2.45, 2.75) is 25.8 Å². The van der Waals surface area contributed by atoms with E-state index in [0.717, 1.165) is 58.9 Å². The van der Waals surface area contributed by atoms with Crippen LogP contribution in [0.4, 0.5) is 4.39 Å². The minimum atomic E-state index is -0.244. The Balaban J connectivity index is 1.52.